The highest BCUT2D eigenvalue weighted by Crippen LogP contribution is 2.33. The Balaban J connectivity index is 1.37. The number of amides is 1. The summed E-state index contributed by atoms with van der Waals surface area (Å²) in [6.07, 6.45) is 8.50. The summed E-state index contributed by atoms with van der Waals surface area (Å²) in [4.78, 5) is 25.4. The van der Waals surface area contributed by atoms with E-state index in [4.69, 9.17) is 16.3 Å². The highest BCUT2D eigenvalue weighted by molar-refractivity contribution is 6.31. The lowest BCUT2D eigenvalue weighted by atomic mass is 9.97. The number of esters is 1. The minimum absolute atomic E-state index is 0.000453. The van der Waals surface area contributed by atoms with Crippen molar-refractivity contribution in [2.45, 2.75) is 90.3 Å². The van der Waals surface area contributed by atoms with Crippen LogP contribution in [0.15, 0.2) is 36.4 Å². The van der Waals surface area contributed by atoms with Gasteiger partial charge in [0.25, 0.3) is 5.91 Å². The van der Waals surface area contributed by atoms with Gasteiger partial charge in [-0.3, -0.25) is 9.59 Å². The second-order valence-electron chi connectivity index (χ2n) is 11.3. The van der Waals surface area contributed by atoms with Crippen LogP contribution in [0.3, 0.4) is 0 Å². The van der Waals surface area contributed by atoms with Crippen LogP contribution < -0.4 is 16.0 Å². The van der Waals surface area contributed by atoms with Crippen molar-refractivity contribution in [3.8, 4) is 0 Å². The van der Waals surface area contributed by atoms with Crippen LogP contribution in [0.2, 0.25) is 5.02 Å². The zero-order chi connectivity index (χ0) is 26.4. The fourth-order valence-corrected chi connectivity index (χ4v) is 5.41. The monoisotopic (exact) mass is 525 g/mol. The standard InChI is InChI=1S/C30H40ClN3O3/c1-30(2,3)37-29(36)21-12-15-24-25(26(31)16-17-27(24)33-18-21)19-32-22-13-10-20(11-14-22)28(35)34-23-8-6-4-5-7-9-23/h10-11,13-14,16-17,21,23,32-33H,4-9,12,15,18-19H2,1-3H3,(H,34,35). The number of nitrogens with one attached hydrogen (secondary N) is 3. The summed E-state index contributed by atoms with van der Waals surface area (Å²) in [6, 6.07) is 11.8. The average Bonchev–Trinajstić information content (AvgIpc) is 3.24. The molecule has 0 bridgehead atoms. The van der Waals surface area contributed by atoms with E-state index >= 15 is 0 Å². The van der Waals surface area contributed by atoms with Crippen LogP contribution in [0.25, 0.3) is 0 Å². The Labute approximate surface area is 225 Å². The Morgan fingerprint density at radius 3 is 2.38 bits per heavy atom. The first-order valence-electron chi connectivity index (χ1n) is 13.6. The number of carbonyl (C=O) groups excluding carboxylic acids is 2. The van der Waals surface area contributed by atoms with Gasteiger partial charge in [-0.25, -0.2) is 0 Å². The normalized spacial score (nSPS) is 18.5. The van der Waals surface area contributed by atoms with E-state index in [9.17, 15) is 9.59 Å². The molecule has 3 N–H and O–H groups in total. The summed E-state index contributed by atoms with van der Waals surface area (Å²) >= 11 is 6.63. The summed E-state index contributed by atoms with van der Waals surface area (Å²) < 4.78 is 5.62. The maximum atomic E-state index is 12.7. The van der Waals surface area contributed by atoms with Crippen LogP contribution in [-0.4, -0.2) is 30.1 Å². The van der Waals surface area contributed by atoms with Crippen molar-refractivity contribution in [3.63, 3.8) is 0 Å². The van der Waals surface area contributed by atoms with E-state index in [1.54, 1.807) is 0 Å². The van der Waals surface area contributed by atoms with E-state index in [-0.39, 0.29) is 23.8 Å². The fraction of sp³-hybridized carbons (Fsp3) is 0.533. The van der Waals surface area contributed by atoms with Crippen molar-refractivity contribution in [1.29, 1.82) is 0 Å². The third-order valence-electron chi connectivity index (χ3n) is 7.20. The van der Waals surface area contributed by atoms with E-state index < -0.39 is 5.60 Å². The van der Waals surface area contributed by atoms with Gasteiger partial charge in [-0.1, -0.05) is 37.3 Å². The minimum atomic E-state index is -0.500. The van der Waals surface area contributed by atoms with Crippen LogP contribution in [0.5, 0.6) is 0 Å². The Morgan fingerprint density at radius 2 is 1.70 bits per heavy atom. The molecule has 2 aliphatic rings. The van der Waals surface area contributed by atoms with Crippen molar-refractivity contribution in [3.05, 3.63) is 58.1 Å². The zero-order valence-corrected chi connectivity index (χ0v) is 23.0. The Morgan fingerprint density at radius 1 is 1.00 bits per heavy atom. The second kappa shape index (κ2) is 12.2. The van der Waals surface area contributed by atoms with E-state index in [0.717, 1.165) is 41.8 Å². The smallest absolute Gasteiger partial charge is 0.311 e. The fourth-order valence-electron chi connectivity index (χ4n) is 5.17. The van der Waals surface area contributed by atoms with Crippen LogP contribution >= 0.6 is 11.6 Å². The molecule has 1 aliphatic carbocycles. The number of carbonyl (C=O) groups is 2. The molecule has 1 saturated carbocycles. The minimum Gasteiger partial charge on any atom is -0.460 e. The third-order valence-corrected chi connectivity index (χ3v) is 7.56. The number of hydrogen-bond acceptors (Lipinski definition) is 5. The molecule has 1 unspecified atom stereocenters. The molecule has 0 aromatic heterocycles. The maximum Gasteiger partial charge on any atom is 0.311 e. The number of halogens is 1. The van der Waals surface area contributed by atoms with Gasteiger partial charge >= 0.3 is 5.97 Å². The highest BCUT2D eigenvalue weighted by Gasteiger charge is 2.28. The average molecular weight is 526 g/mol. The van der Waals surface area contributed by atoms with E-state index in [0.29, 0.717) is 30.1 Å². The molecule has 1 fully saturated rings. The van der Waals surface area contributed by atoms with Crippen LogP contribution in [0.4, 0.5) is 11.4 Å². The number of hydrogen-bond donors (Lipinski definition) is 3. The van der Waals surface area contributed by atoms with Crippen LogP contribution in [-0.2, 0) is 22.5 Å². The molecule has 37 heavy (non-hydrogen) atoms. The van der Waals surface area contributed by atoms with Crippen LogP contribution in [0, 0.1) is 5.92 Å². The largest absolute Gasteiger partial charge is 0.460 e. The number of benzene rings is 2. The van der Waals surface area contributed by atoms with Crippen molar-refractivity contribution in [1.82, 2.24) is 5.32 Å². The van der Waals surface area contributed by atoms with Gasteiger partial charge in [-0.2, -0.15) is 0 Å². The molecule has 1 amide bonds. The molecule has 6 nitrogen and oxygen atoms in total. The molecule has 1 atom stereocenters. The Kier molecular flexibility index (Phi) is 9.01. The maximum absolute atomic E-state index is 12.7. The number of rotatable bonds is 6. The van der Waals surface area contributed by atoms with Crippen molar-refractivity contribution < 1.29 is 14.3 Å². The quantitative estimate of drug-likeness (QED) is 0.288. The van der Waals surface area contributed by atoms with Crippen LogP contribution in [0.1, 0.15) is 87.2 Å². The molecular weight excluding hydrogens is 486 g/mol. The van der Waals surface area contributed by atoms with Gasteiger partial charge in [-0.05, 0) is 94.0 Å². The molecule has 0 spiro atoms. The molecule has 7 heteroatoms. The molecule has 0 saturated heterocycles. The molecule has 1 heterocycles. The lowest BCUT2D eigenvalue weighted by Crippen LogP contribution is -2.34. The molecule has 0 radical (unpaired) electrons. The lowest BCUT2D eigenvalue weighted by molar-refractivity contribution is -0.159. The second-order valence-corrected chi connectivity index (χ2v) is 11.7. The summed E-state index contributed by atoms with van der Waals surface area (Å²) in [5, 5.41) is 10.8. The molecule has 2 aromatic carbocycles. The summed E-state index contributed by atoms with van der Waals surface area (Å²) in [6.45, 7) is 6.77. The topological polar surface area (TPSA) is 79.5 Å². The van der Waals surface area contributed by atoms with Crippen molar-refractivity contribution >= 4 is 34.9 Å². The number of anilines is 2. The molecule has 200 valence electrons. The van der Waals surface area contributed by atoms with Gasteiger partial charge in [-0.15, -0.1) is 0 Å². The highest BCUT2D eigenvalue weighted by atomic mass is 35.5. The lowest BCUT2D eigenvalue weighted by Gasteiger charge is -2.23. The SMILES string of the molecule is CC(C)(C)OC(=O)C1CCc2c(ccc(Cl)c2CNc2ccc(C(=O)NC3CCCCCC3)cc2)NC1. The van der Waals surface area contributed by atoms with Gasteiger partial charge in [0.05, 0.1) is 5.92 Å². The van der Waals surface area contributed by atoms with Crippen molar-refractivity contribution in [2.24, 2.45) is 5.92 Å². The Hall–Kier alpha value is -2.73. The van der Waals surface area contributed by atoms with E-state index in [2.05, 4.69) is 16.0 Å². The van der Waals surface area contributed by atoms with Gasteiger partial charge in [0.2, 0.25) is 0 Å². The van der Waals surface area contributed by atoms with E-state index in [1.165, 1.54) is 25.7 Å². The predicted octanol–water partition coefficient (Wildman–Crippen LogP) is 6.72. The first-order valence-corrected chi connectivity index (χ1v) is 14.0. The van der Waals surface area contributed by atoms with Gasteiger partial charge in [0.1, 0.15) is 5.60 Å². The molecule has 2 aromatic rings. The van der Waals surface area contributed by atoms with Gasteiger partial charge < -0.3 is 20.7 Å². The Bertz CT molecular complexity index is 1090. The molecule has 1 aliphatic heterocycles. The predicted molar refractivity (Wildman–Crippen MR) is 150 cm³/mol. The summed E-state index contributed by atoms with van der Waals surface area (Å²) in [7, 11) is 0. The van der Waals surface area contributed by atoms with E-state index in [1.807, 2.05) is 57.2 Å². The summed E-state index contributed by atoms with van der Waals surface area (Å²) in [5.41, 5.74) is 4.27. The number of fused-ring (bicyclic) bond motifs is 1. The van der Waals surface area contributed by atoms with Gasteiger partial charge in [0.15, 0.2) is 0 Å². The number of ether oxygens (including phenoxy) is 1. The first-order chi connectivity index (χ1) is 17.7. The zero-order valence-electron chi connectivity index (χ0n) is 22.3. The van der Waals surface area contributed by atoms with Gasteiger partial charge in [0, 0.05) is 41.1 Å². The molecular formula is C30H40ClN3O3. The summed E-state index contributed by atoms with van der Waals surface area (Å²) in [5.74, 6) is -0.370. The third kappa shape index (κ3) is 7.64. The molecule has 4 rings (SSSR count). The first kappa shape index (κ1) is 27.3. The van der Waals surface area contributed by atoms with Crippen molar-refractivity contribution in [2.75, 3.05) is 17.2 Å².